The first-order chi connectivity index (χ1) is 6.46. The Bertz CT molecular complexity index is 238. The fourth-order valence-electron chi connectivity index (χ4n) is 0.890. The van der Waals surface area contributed by atoms with Crippen molar-refractivity contribution >= 4 is 0 Å². The molecular weight excluding hydrogens is 180 g/mol. The Hall–Kier alpha value is -0.520. The molecule has 0 amide bonds. The Morgan fingerprint density at radius 2 is 1.00 bits per heavy atom. The van der Waals surface area contributed by atoms with Crippen LogP contribution in [0.4, 0.5) is 0 Å². The first-order valence-corrected chi connectivity index (χ1v) is 5.83. The lowest BCUT2D eigenvalue weighted by Crippen LogP contribution is -2.27. The number of hydrogen-bond acceptors (Lipinski definition) is 0. The van der Waals surface area contributed by atoms with Crippen molar-refractivity contribution in [3.63, 3.8) is 0 Å². The van der Waals surface area contributed by atoms with Crippen LogP contribution in [0.15, 0.2) is 24.3 Å². The third-order valence-electron chi connectivity index (χ3n) is 3.15. The maximum atomic E-state index is 2.30. The van der Waals surface area contributed by atoms with E-state index in [1.165, 1.54) is 0 Å². The molecule has 88 valence electrons. The molecule has 0 bridgehead atoms. The standard InChI is InChI=1S/C15H28/c1-13(2,3)11-9-10-12-15(7,8)14(4,5)6/h9-12H,1-8H3/b11-9+,12-10+. The van der Waals surface area contributed by atoms with Crippen molar-refractivity contribution in [3.05, 3.63) is 24.3 Å². The lowest BCUT2D eigenvalue weighted by Gasteiger charge is -2.36. The van der Waals surface area contributed by atoms with Crippen molar-refractivity contribution in [2.24, 2.45) is 16.2 Å². The Kier molecular flexibility index (Phi) is 4.39. The molecule has 0 N–H and O–H groups in total. The average Bonchev–Trinajstić information content (AvgIpc) is 1.94. The van der Waals surface area contributed by atoms with E-state index in [2.05, 4.69) is 79.7 Å². The van der Waals surface area contributed by atoms with E-state index < -0.39 is 0 Å². The van der Waals surface area contributed by atoms with E-state index in [4.69, 9.17) is 0 Å². The summed E-state index contributed by atoms with van der Waals surface area (Å²) < 4.78 is 0. The molecule has 0 atom stereocenters. The molecule has 0 unspecified atom stereocenters. The third kappa shape index (κ3) is 5.81. The van der Waals surface area contributed by atoms with E-state index in [0.29, 0.717) is 5.41 Å². The van der Waals surface area contributed by atoms with E-state index in [1.54, 1.807) is 0 Å². The summed E-state index contributed by atoms with van der Waals surface area (Å²) in [6, 6.07) is 0. The molecule has 0 rings (SSSR count). The second kappa shape index (κ2) is 4.55. The van der Waals surface area contributed by atoms with E-state index in [0.717, 1.165) is 0 Å². The van der Waals surface area contributed by atoms with Gasteiger partial charge in [-0.15, -0.1) is 0 Å². The third-order valence-corrected chi connectivity index (χ3v) is 3.15. The highest BCUT2D eigenvalue weighted by atomic mass is 14.3. The number of hydrogen-bond donors (Lipinski definition) is 0. The van der Waals surface area contributed by atoms with Gasteiger partial charge in [-0.3, -0.25) is 0 Å². The smallest absolute Gasteiger partial charge is 0.0123 e. The van der Waals surface area contributed by atoms with Crippen molar-refractivity contribution in [2.45, 2.75) is 55.4 Å². The van der Waals surface area contributed by atoms with Crippen LogP contribution in [0.1, 0.15) is 55.4 Å². The van der Waals surface area contributed by atoms with E-state index >= 15 is 0 Å². The second-order valence-corrected chi connectivity index (χ2v) is 7.06. The molecule has 0 saturated heterocycles. The van der Waals surface area contributed by atoms with E-state index in [-0.39, 0.29) is 10.8 Å². The molecule has 0 aliphatic carbocycles. The van der Waals surface area contributed by atoms with Crippen LogP contribution in [0.25, 0.3) is 0 Å². The molecule has 0 nitrogen and oxygen atoms in total. The lowest BCUT2D eigenvalue weighted by molar-refractivity contribution is 0.193. The van der Waals surface area contributed by atoms with Gasteiger partial charge in [0.15, 0.2) is 0 Å². The predicted octanol–water partition coefficient (Wildman–Crippen LogP) is 5.22. The van der Waals surface area contributed by atoms with Crippen LogP contribution in [-0.4, -0.2) is 0 Å². The van der Waals surface area contributed by atoms with Crippen LogP contribution in [0, 0.1) is 16.2 Å². The minimum Gasteiger partial charge on any atom is -0.0791 e. The van der Waals surface area contributed by atoms with Crippen LogP contribution in [0.5, 0.6) is 0 Å². The Balaban J connectivity index is 4.49. The summed E-state index contributed by atoms with van der Waals surface area (Å²) in [5, 5.41) is 0. The molecule has 0 fully saturated rings. The van der Waals surface area contributed by atoms with Crippen molar-refractivity contribution in [2.75, 3.05) is 0 Å². The molecule has 0 spiro atoms. The minimum atomic E-state index is 0.231. The summed E-state index contributed by atoms with van der Waals surface area (Å²) in [5.74, 6) is 0. The van der Waals surface area contributed by atoms with Crippen LogP contribution < -0.4 is 0 Å². The molecule has 15 heavy (non-hydrogen) atoms. The van der Waals surface area contributed by atoms with Crippen LogP contribution in [0.3, 0.4) is 0 Å². The highest BCUT2D eigenvalue weighted by molar-refractivity contribution is 5.11. The Labute approximate surface area is 96.5 Å². The maximum Gasteiger partial charge on any atom is -0.0123 e. The molecule has 0 aromatic heterocycles. The van der Waals surface area contributed by atoms with Gasteiger partial charge < -0.3 is 0 Å². The number of rotatable bonds is 2. The molecule has 0 aliphatic heterocycles. The highest BCUT2D eigenvalue weighted by Gasteiger charge is 2.29. The maximum absolute atomic E-state index is 2.30. The lowest BCUT2D eigenvalue weighted by atomic mass is 9.69. The van der Waals surface area contributed by atoms with Crippen molar-refractivity contribution in [3.8, 4) is 0 Å². The Morgan fingerprint density at radius 1 is 0.600 bits per heavy atom. The quantitative estimate of drug-likeness (QED) is 0.546. The minimum absolute atomic E-state index is 0.231. The Morgan fingerprint density at radius 3 is 1.33 bits per heavy atom. The van der Waals surface area contributed by atoms with Gasteiger partial charge in [0.25, 0.3) is 0 Å². The van der Waals surface area contributed by atoms with Gasteiger partial charge in [-0.1, -0.05) is 79.7 Å². The molecule has 0 radical (unpaired) electrons. The van der Waals surface area contributed by atoms with Crippen LogP contribution >= 0.6 is 0 Å². The highest BCUT2D eigenvalue weighted by Crippen LogP contribution is 2.38. The van der Waals surface area contributed by atoms with Gasteiger partial charge in [0.1, 0.15) is 0 Å². The predicted molar refractivity (Wildman–Crippen MR) is 71.0 cm³/mol. The zero-order valence-electron chi connectivity index (χ0n) is 11.8. The summed E-state index contributed by atoms with van der Waals surface area (Å²) >= 11 is 0. The van der Waals surface area contributed by atoms with Gasteiger partial charge >= 0.3 is 0 Å². The molecular formula is C15H28. The summed E-state index contributed by atoms with van der Waals surface area (Å²) in [5.41, 5.74) is 0.810. The molecule has 0 aromatic carbocycles. The average molecular weight is 208 g/mol. The molecule has 0 heterocycles. The van der Waals surface area contributed by atoms with Crippen LogP contribution in [-0.2, 0) is 0 Å². The van der Waals surface area contributed by atoms with E-state index in [9.17, 15) is 0 Å². The molecule has 0 heteroatoms. The molecule has 0 aromatic rings. The summed E-state index contributed by atoms with van der Waals surface area (Å²) in [4.78, 5) is 0. The first-order valence-electron chi connectivity index (χ1n) is 5.83. The topological polar surface area (TPSA) is 0 Å². The SMILES string of the molecule is CC(C)(C)/C=C/C=C/C(C)(C)C(C)(C)C. The fourth-order valence-corrected chi connectivity index (χ4v) is 0.890. The molecule has 0 aliphatic rings. The van der Waals surface area contributed by atoms with Gasteiger partial charge in [0, 0.05) is 0 Å². The largest absolute Gasteiger partial charge is 0.0791 e. The fraction of sp³-hybridized carbons (Fsp3) is 0.733. The van der Waals surface area contributed by atoms with Crippen molar-refractivity contribution in [1.82, 2.24) is 0 Å². The van der Waals surface area contributed by atoms with Gasteiger partial charge in [0.2, 0.25) is 0 Å². The second-order valence-electron chi connectivity index (χ2n) is 7.06. The monoisotopic (exact) mass is 208 g/mol. The van der Waals surface area contributed by atoms with Gasteiger partial charge in [-0.2, -0.15) is 0 Å². The van der Waals surface area contributed by atoms with Crippen LogP contribution in [0.2, 0.25) is 0 Å². The van der Waals surface area contributed by atoms with Crippen molar-refractivity contribution < 1.29 is 0 Å². The van der Waals surface area contributed by atoms with Gasteiger partial charge in [0.05, 0.1) is 0 Å². The normalized spacial score (nSPS) is 15.5. The van der Waals surface area contributed by atoms with Crippen molar-refractivity contribution in [1.29, 1.82) is 0 Å². The summed E-state index contributed by atoms with van der Waals surface area (Å²) in [6.45, 7) is 18.1. The van der Waals surface area contributed by atoms with Gasteiger partial charge in [-0.25, -0.2) is 0 Å². The zero-order chi connectivity index (χ0) is 12.3. The number of allylic oxidation sites excluding steroid dienone is 4. The first kappa shape index (κ1) is 14.5. The summed E-state index contributed by atoms with van der Waals surface area (Å²) in [6.07, 6.45) is 8.88. The summed E-state index contributed by atoms with van der Waals surface area (Å²) in [7, 11) is 0. The molecule has 0 saturated carbocycles. The van der Waals surface area contributed by atoms with Gasteiger partial charge in [-0.05, 0) is 16.2 Å². The zero-order valence-corrected chi connectivity index (χ0v) is 11.8. The van der Waals surface area contributed by atoms with E-state index in [1.807, 2.05) is 0 Å².